The molecule has 0 aliphatic rings. The molecule has 0 heterocycles. The van der Waals surface area contributed by atoms with Gasteiger partial charge in [0.25, 0.3) is 15.9 Å². The Hall–Kier alpha value is -3.39. The molecule has 0 saturated heterocycles. The van der Waals surface area contributed by atoms with Crippen LogP contribution in [-0.4, -0.2) is 20.9 Å². The molecule has 2 N–H and O–H groups in total. The van der Waals surface area contributed by atoms with Crippen molar-refractivity contribution >= 4 is 21.6 Å². The Labute approximate surface area is 174 Å². The van der Waals surface area contributed by atoms with Crippen LogP contribution in [0.5, 0.6) is 5.75 Å². The fraction of sp³-hybridized carbons (Fsp3) is 0.136. The number of ether oxygens (including phenoxy) is 1. The van der Waals surface area contributed by atoms with Crippen LogP contribution in [0.3, 0.4) is 0 Å². The third-order valence-electron chi connectivity index (χ3n) is 4.21. The molecule has 156 valence electrons. The maximum absolute atomic E-state index is 13.0. The average Bonchev–Trinajstić information content (AvgIpc) is 2.75. The number of anilines is 1. The number of nitrogens with one attached hydrogen (secondary N) is 2. The highest BCUT2D eigenvalue weighted by Gasteiger charge is 2.17. The van der Waals surface area contributed by atoms with E-state index in [1.165, 1.54) is 36.4 Å². The van der Waals surface area contributed by atoms with Crippen molar-refractivity contribution in [2.24, 2.45) is 0 Å². The van der Waals surface area contributed by atoms with E-state index in [1.54, 1.807) is 0 Å². The number of rotatable bonds is 8. The first kappa shape index (κ1) is 21.3. The zero-order valence-electron chi connectivity index (χ0n) is 16.3. The number of amides is 1. The molecule has 1 amide bonds. The molecule has 30 heavy (non-hydrogen) atoms. The molecule has 0 atom stereocenters. The summed E-state index contributed by atoms with van der Waals surface area (Å²) in [5.41, 5.74) is 1.24. The minimum absolute atomic E-state index is 0.0748. The number of hydrogen-bond acceptors (Lipinski definition) is 4. The molecule has 3 aromatic carbocycles. The van der Waals surface area contributed by atoms with E-state index in [-0.39, 0.29) is 22.7 Å². The molecule has 0 unspecified atom stereocenters. The molecule has 0 bridgehead atoms. The van der Waals surface area contributed by atoms with E-state index < -0.39 is 21.7 Å². The molecule has 8 heteroatoms. The van der Waals surface area contributed by atoms with Crippen LogP contribution < -0.4 is 14.8 Å². The van der Waals surface area contributed by atoms with Gasteiger partial charge in [-0.3, -0.25) is 9.52 Å². The van der Waals surface area contributed by atoms with Gasteiger partial charge in [0.1, 0.15) is 11.6 Å². The zero-order chi connectivity index (χ0) is 21.6. The van der Waals surface area contributed by atoms with Gasteiger partial charge in [0.2, 0.25) is 0 Å². The lowest BCUT2D eigenvalue weighted by molar-refractivity contribution is 0.0950. The van der Waals surface area contributed by atoms with Crippen LogP contribution in [0.1, 0.15) is 22.8 Å². The highest BCUT2D eigenvalue weighted by Crippen LogP contribution is 2.19. The normalized spacial score (nSPS) is 11.0. The van der Waals surface area contributed by atoms with Crippen molar-refractivity contribution in [1.29, 1.82) is 0 Å². The molecular weight excluding hydrogens is 407 g/mol. The number of carbonyl (C=O) groups excluding carboxylic acids is 1. The maximum Gasteiger partial charge on any atom is 0.261 e. The lowest BCUT2D eigenvalue weighted by Crippen LogP contribution is -2.23. The van der Waals surface area contributed by atoms with Crippen LogP contribution in [0.4, 0.5) is 10.1 Å². The van der Waals surface area contributed by atoms with Crippen molar-refractivity contribution in [2.45, 2.75) is 18.4 Å². The van der Waals surface area contributed by atoms with Crippen molar-refractivity contribution in [3.05, 3.63) is 89.7 Å². The lowest BCUT2D eigenvalue weighted by Gasteiger charge is -2.12. The van der Waals surface area contributed by atoms with Crippen LogP contribution in [0.15, 0.2) is 77.7 Å². The third-order valence-corrected chi connectivity index (χ3v) is 5.59. The number of halogens is 1. The van der Waals surface area contributed by atoms with Gasteiger partial charge in [0.15, 0.2) is 0 Å². The first-order valence-electron chi connectivity index (χ1n) is 9.26. The molecule has 3 rings (SSSR count). The summed E-state index contributed by atoms with van der Waals surface area (Å²) >= 11 is 0. The average molecular weight is 428 g/mol. The highest BCUT2D eigenvalue weighted by atomic mass is 32.2. The summed E-state index contributed by atoms with van der Waals surface area (Å²) in [5, 5.41) is 2.77. The van der Waals surface area contributed by atoms with Crippen LogP contribution in [0, 0.1) is 5.82 Å². The van der Waals surface area contributed by atoms with Crippen molar-refractivity contribution in [3.63, 3.8) is 0 Å². The van der Waals surface area contributed by atoms with Crippen molar-refractivity contribution < 1.29 is 22.3 Å². The monoisotopic (exact) mass is 428 g/mol. The predicted octanol–water partition coefficient (Wildman–Crippen LogP) is 3.96. The van der Waals surface area contributed by atoms with E-state index >= 15 is 0 Å². The number of hydrogen-bond donors (Lipinski definition) is 2. The number of sulfonamides is 1. The largest absolute Gasteiger partial charge is 0.494 e. The number of benzene rings is 3. The van der Waals surface area contributed by atoms with Gasteiger partial charge in [-0.1, -0.05) is 24.3 Å². The second-order valence-corrected chi connectivity index (χ2v) is 8.05. The fourth-order valence-electron chi connectivity index (χ4n) is 2.76. The molecule has 0 saturated carbocycles. The van der Waals surface area contributed by atoms with Gasteiger partial charge in [0, 0.05) is 23.4 Å². The van der Waals surface area contributed by atoms with Gasteiger partial charge in [0.05, 0.1) is 11.5 Å². The van der Waals surface area contributed by atoms with E-state index in [4.69, 9.17) is 4.74 Å². The summed E-state index contributed by atoms with van der Waals surface area (Å²) in [6.07, 6.45) is 0. The topological polar surface area (TPSA) is 84.5 Å². The molecule has 0 aromatic heterocycles. The first-order chi connectivity index (χ1) is 14.4. The fourth-order valence-corrected chi connectivity index (χ4v) is 3.86. The second-order valence-electron chi connectivity index (χ2n) is 6.36. The zero-order valence-corrected chi connectivity index (χ0v) is 17.1. The Kier molecular flexibility index (Phi) is 6.68. The van der Waals surface area contributed by atoms with Gasteiger partial charge >= 0.3 is 0 Å². The predicted molar refractivity (Wildman–Crippen MR) is 112 cm³/mol. The summed E-state index contributed by atoms with van der Waals surface area (Å²) in [4.78, 5) is 12.5. The molecule has 0 aliphatic heterocycles. The smallest absolute Gasteiger partial charge is 0.261 e. The third kappa shape index (κ3) is 5.36. The maximum atomic E-state index is 13.0. The van der Waals surface area contributed by atoms with Crippen LogP contribution >= 0.6 is 0 Å². The number of para-hydroxylation sites is 1. The van der Waals surface area contributed by atoms with E-state index in [2.05, 4.69) is 10.0 Å². The standard InChI is InChI=1S/C22H21FN2O4S/c1-2-29-21-9-4-3-6-17(21)15-24-22(26)16-7-5-8-20(14-16)30(27,28)25-19-12-10-18(23)11-13-19/h3-14,25H,2,15H2,1H3,(H,24,26). The lowest BCUT2D eigenvalue weighted by atomic mass is 10.1. The summed E-state index contributed by atoms with van der Waals surface area (Å²) < 4.78 is 46.1. The second kappa shape index (κ2) is 9.41. The minimum atomic E-state index is -3.94. The van der Waals surface area contributed by atoms with E-state index in [1.807, 2.05) is 31.2 Å². The quantitative estimate of drug-likeness (QED) is 0.569. The van der Waals surface area contributed by atoms with Crippen molar-refractivity contribution in [1.82, 2.24) is 5.32 Å². The van der Waals surface area contributed by atoms with Gasteiger partial charge < -0.3 is 10.1 Å². The Morgan fingerprint density at radius 2 is 1.73 bits per heavy atom. The molecule has 0 radical (unpaired) electrons. The molecule has 0 spiro atoms. The minimum Gasteiger partial charge on any atom is -0.494 e. The Balaban J connectivity index is 1.73. The van der Waals surface area contributed by atoms with Crippen molar-refractivity contribution in [3.8, 4) is 5.75 Å². The van der Waals surface area contributed by atoms with Crippen molar-refractivity contribution in [2.75, 3.05) is 11.3 Å². The van der Waals surface area contributed by atoms with Gasteiger partial charge in [-0.25, -0.2) is 12.8 Å². The van der Waals surface area contributed by atoms with Gasteiger partial charge in [-0.2, -0.15) is 0 Å². The van der Waals surface area contributed by atoms with Crippen LogP contribution in [0.25, 0.3) is 0 Å². The van der Waals surface area contributed by atoms with E-state index in [0.717, 1.165) is 17.7 Å². The van der Waals surface area contributed by atoms with Crippen LogP contribution in [-0.2, 0) is 16.6 Å². The van der Waals surface area contributed by atoms with E-state index in [9.17, 15) is 17.6 Å². The Bertz CT molecular complexity index is 1130. The summed E-state index contributed by atoms with van der Waals surface area (Å²) in [5.74, 6) is -0.206. The van der Waals surface area contributed by atoms with Crippen LogP contribution in [0.2, 0.25) is 0 Å². The summed E-state index contributed by atoms with van der Waals surface area (Å²) in [6, 6.07) is 18.0. The summed E-state index contributed by atoms with van der Waals surface area (Å²) in [6.45, 7) is 2.62. The molecule has 0 aliphatic carbocycles. The Morgan fingerprint density at radius 3 is 2.47 bits per heavy atom. The molecule has 3 aromatic rings. The van der Waals surface area contributed by atoms with Gasteiger partial charge in [-0.05, 0) is 55.5 Å². The first-order valence-corrected chi connectivity index (χ1v) is 10.7. The highest BCUT2D eigenvalue weighted by molar-refractivity contribution is 7.92. The van der Waals surface area contributed by atoms with E-state index in [0.29, 0.717) is 12.4 Å². The number of carbonyl (C=O) groups is 1. The molecule has 0 fully saturated rings. The van der Waals surface area contributed by atoms with Gasteiger partial charge in [-0.15, -0.1) is 0 Å². The SMILES string of the molecule is CCOc1ccccc1CNC(=O)c1cccc(S(=O)(=O)Nc2ccc(F)cc2)c1. The molecule has 6 nitrogen and oxygen atoms in total. The Morgan fingerprint density at radius 1 is 1.00 bits per heavy atom. The molecular formula is C22H21FN2O4S. The summed E-state index contributed by atoms with van der Waals surface area (Å²) in [7, 11) is -3.94.